The van der Waals surface area contributed by atoms with Gasteiger partial charge in [0.2, 0.25) is 11.8 Å². The van der Waals surface area contributed by atoms with Gasteiger partial charge in [-0.1, -0.05) is 18.2 Å². The number of amides is 2. The molecule has 1 fully saturated rings. The SMILES string of the molecule is CN=C(NCCC1C(=O)Nc2ccccc21)N1CCN(c2cnn(C)c2)C(=O)C1. The van der Waals surface area contributed by atoms with E-state index >= 15 is 0 Å². The Morgan fingerprint density at radius 3 is 2.86 bits per heavy atom. The molecule has 2 aliphatic rings. The number of carbonyl (C=O) groups excluding carboxylic acids is 2. The van der Waals surface area contributed by atoms with Crippen LogP contribution in [0.15, 0.2) is 41.7 Å². The highest BCUT2D eigenvalue weighted by atomic mass is 16.2. The van der Waals surface area contributed by atoms with Crippen molar-refractivity contribution in [3.63, 3.8) is 0 Å². The van der Waals surface area contributed by atoms with Gasteiger partial charge in [0.1, 0.15) is 6.54 Å². The van der Waals surface area contributed by atoms with Crippen LogP contribution in [0.1, 0.15) is 17.9 Å². The molecule has 1 aromatic heterocycles. The van der Waals surface area contributed by atoms with Crippen molar-refractivity contribution in [3.05, 3.63) is 42.2 Å². The van der Waals surface area contributed by atoms with Crippen LogP contribution < -0.4 is 15.5 Å². The molecule has 1 unspecified atom stereocenters. The summed E-state index contributed by atoms with van der Waals surface area (Å²) >= 11 is 0. The molecule has 152 valence electrons. The summed E-state index contributed by atoms with van der Waals surface area (Å²) < 4.78 is 1.69. The number of aliphatic imine (C=N–C) groups is 1. The van der Waals surface area contributed by atoms with Crippen molar-refractivity contribution in [2.75, 3.05) is 43.4 Å². The quantitative estimate of drug-likeness (QED) is 0.589. The van der Waals surface area contributed by atoms with E-state index in [1.54, 1.807) is 22.8 Å². The van der Waals surface area contributed by atoms with E-state index in [0.29, 0.717) is 32.0 Å². The van der Waals surface area contributed by atoms with Gasteiger partial charge in [-0.15, -0.1) is 0 Å². The minimum Gasteiger partial charge on any atom is -0.356 e. The Balaban J connectivity index is 1.32. The predicted octanol–water partition coefficient (Wildman–Crippen LogP) is 0.770. The Morgan fingerprint density at radius 1 is 1.31 bits per heavy atom. The molecule has 9 heteroatoms. The first kappa shape index (κ1) is 19.0. The fraction of sp³-hybridized carbons (Fsp3) is 0.400. The monoisotopic (exact) mass is 395 g/mol. The third-order valence-electron chi connectivity index (χ3n) is 5.36. The van der Waals surface area contributed by atoms with Gasteiger partial charge in [-0.3, -0.25) is 19.3 Å². The second kappa shape index (κ2) is 7.94. The lowest BCUT2D eigenvalue weighted by Gasteiger charge is -2.35. The molecular weight excluding hydrogens is 370 g/mol. The number of nitrogens with one attached hydrogen (secondary N) is 2. The molecule has 4 rings (SSSR count). The summed E-state index contributed by atoms with van der Waals surface area (Å²) in [7, 11) is 3.54. The molecule has 2 N–H and O–H groups in total. The van der Waals surface area contributed by atoms with Crippen LogP contribution >= 0.6 is 0 Å². The Bertz CT molecular complexity index is 952. The van der Waals surface area contributed by atoms with E-state index in [0.717, 1.165) is 16.9 Å². The van der Waals surface area contributed by atoms with Crippen LogP contribution in [0.25, 0.3) is 0 Å². The Kier molecular flexibility index (Phi) is 5.20. The second-order valence-electron chi connectivity index (χ2n) is 7.23. The van der Waals surface area contributed by atoms with Gasteiger partial charge in [-0.25, -0.2) is 0 Å². The fourth-order valence-electron chi connectivity index (χ4n) is 3.90. The van der Waals surface area contributed by atoms with Gasteiger partial charge in [0.15, 0.2) is 5.96 Å². The minimum atomic E-state index is -0.166. The van der Waals surface area contributed by atoms with Crippen molar-refractivity contribution in [2.24, 2.45) is 12.0 Å². The molecule has 1 aromatic carbocycles. The molecule has 29 heavy (non-hydrogen) atoms. The molecular formula is C20H25N7O2. The zero-order valence-corrected chi connectivity index (χ0v) is 16.6. The number of nitrogens with zero attached hydrogens (tertiary/aromatic N) is 5. The summed E-state index contributed by atoms with van der Waals surface area (Å²) in [5.74, 6) is 0.552. The largest absolute Gasteiger partial charge is 0.356 e. The first-order valence-corrected chi connectivity index (χ1v) is 9.71. The van der Waals surface area contributed by atoms with Crippen LogP contribution in [0.3, 0.4) is 0 Å². The Morgan fingerprint density at radius 2 is 2.14 bits per heavy atom. The van der Waals surface area contributed by atoms with Crippen LogP contribution in [0, 0.1) is 0 Å². The number of piperazine rings is 1. The summed E-state index contributed by atoms with van der Waals surface area (Å²) in [6.45, 7) is 2.09. The molecule has 1 atom stereocenters. The van der Waals surface area contributed by atoms with E-state index in [2.05, 4.69) is 20.7 Å². The second-order valence-corrected chi connectivity index (χ2v) is 7.23. The lowest BCUT2D eigenvalue weighted by Crippen LogP contribution is -2.55. The number of carbonyl (C=O) groups is 2. The molecule has 0 saturated carbocycles. The van der Waals surface area contributed by atoms with Gasteiger partial charge in [0, 0.05) is 45.6 Å². The molecule has 0 bridgehead atoms. The number of anilines is 2. The number of hydrogen-bond donors (Lipinski definition) is 2. The van der Waals surface area contributed by atoms with E-state index in [-0.39, 0.29) is 24.3 Å². The fourth-order valence-corrected chi connectivity index (χ4v) is 3.90. The van der Waals surface area contributed by atoms with Crippen molar-refractivity contribution < 1.29 is 9.59 Å². The number of hydrogen-bond acceptors (Lipinski definition) is 4. The summed E-state index contributed by atoms with van der Waals surface area (Å²) in [5, 5.41) is 10.4. The lowest BCUT2D eigenvalue weighted by atomic mass is 9.97. The maximum atomic E-state index is 12.6. The highest BCUT2D eigenvalue weighted by molar-refractivity contribution is 6.03. The summed E-state index contributed by atoms with van der Waals surface area (Å²) in [5.41, 5.74) is 2.74. The number of aryl methyl sites for hydroxylation is 1. The molecule has 2 aliphatic heterocycles. The van der Waals surface area contributed by atoms with Crippen molar-refractivity contribution in [1.82, 2.24) is 20.0 Å². The third-order valence-corrected chi connectivity index (χ3v) is 5.36. The third kappa shape index (κ3) is 3.80. The van der Waals surface area contributed by atoms with Crippen LogP contribution in [0.2, 0.25) is 0 Å². The number of fused-ring (bicyclic) bond motifs is 1. The molecule has 0 spiro atoms. The maximum absolute atomic E-state index is 12.6. The van der Waals surface area contributed by atoms with Crippen molar-refractivity contribution in [3.8, 4) is 0 Å². The van der Waals surface area contributed by atoms with Crippen LogP contribution in [-0.2, 0) is 16.6 Å². The standard InChI is InChI=1S/C20H25N7O2/c1-21-20(22-8-7-16-15-5-3-4-6-17(15)24-19(16)29)26-9-10-27(18(28)13-26)14-11-23-25(2)12-14/h3-6,11-12,16H,7-10,13H2,1-2H3,(H,21,22)(H,24,29). The highest BCUT2D eigenvalue weighted by Gasteiger charge is 2.30. The van der Waals surface area contributed by atoms with E-state index < -0.39 is 0 Å². The molecule has 9 nitrogen and oxygen atoms in total. The summed E-state index contributed by atoms with van der Waals surface area (Å²) in [6.07, 6.45) is 4.20. The average molecular weight is 395 g/mol. The summed E-state index contributed by atoms with van der Waals surface area (Å²) in [6, 6.07) is 7.78. The zero-order valence-electron chi connectivity index (χ0n) is 16.6. The van der Waals surface area contributed by atoms with Crippen LogP contribution in [0.5, 0.6) is 0 Å². The Hall–Kier alpha value is -3.36. The van der Waals surface area contributed by atoms with Crippen LogP contribution in [0.4, 0.5) is 11.4 Å². The van der Waals surface area contributed by atoms with Crippen molar-refractivity contribution in [1.29, 1.82) is 0 Å². The van der Waals surface area contributed by atoms with E-state index in [1.807, 2.05) is 42.4 Å². The van der Waals surface area contributed by atoms with Gasteiger partial charge in [-0.05, 0) is 18.1 Å². The lowest BCUT2D eigenvalue weighted by molar-refractivity contribution is -0.120. The van der Waals surface area contributed by atoms with Gasteiger partial charge >= 0.3 is 0 Å². The predicted molar refractivity (Wildman–Crippen MR) is 111 cm³/mol. The first-order valence-electron chi connectivity index (χ1n) is 9.71. The number of guanidine groups is 1. The normalized spacial score (nSPS) is 19.4. The van der Waals surface area contributed by atoms with Gasteiger partial charge in [0.25, 0.3) is 0 Å². The van der Waals surface area contributed by atoms with Crippen molar-refractivity contribution in [2.45, 2.75) is 12.3 Å². The highest BCUT2D eigenvalue weighted by Crippen LogP contribution is 2.33. The first-order chi connectivity index (χ1) is 14.1. The van der Waals surface area contributed by atoms with E-state index in [1.165, 1.54) is 0 Å². The van der Waals surface area contributed by atoms with Crippen LogP contribution in [-0.4, -0.2) is 65.7 Å². The van der Waals surface area contributed by atoms with E-state index in [4.69, 9.17) is 0 Å². The number of aromatic nitrogens is 2. The maximum Gasteiger partial charge on any atom is 0.246 e. The average Bonchev–Trinajstić information content (AvgIpc) is 3.28. The smallest absolute Gasteiger partial charge is 0.246 e. The Labute approximate surface area is 169 Å². The van der Waals surface area contributed by atoms with E-state index in [9.17, 15) is 9.59 Å². The topological polar surface area (TPSA) is 94.9 Å². The number of benzene rings is 1. The molecule has 3 heterocycles. The van der Waals surface area contributed by atoms with Gasteiger partial charge in [-0.2, -0.15) is 5.10 Å². The zero-order chi connectivity index (χ0) is 20.4. The molecule has 1 saturated heterocycles. The number of rotatable bonds is 4. The molecule has 0 aliphatic carbocycles. The van der Waals surface area contributed by atoms with Gasteiger partial charge in [0.05, 0.1) is 17.8 Å². The molecule has 0 radical (unpaired) electrons. The van der Waals surface area contributed by atoms with Crippen molar-refractivity contribution >= 4 is 29.1 Å². The van der Waals surface area contributed by atoms with Gasteiger partial charge < -0.3 is 20.4 Å². The molecule has 2 amide bonds. The minimum absolute atomic E-state index is 0.0105. The summed E-state index contributed by atoms with van der Waals surface area (Å²) in [4.78, 5) is 32.9. The molecule has 2 aromatic rings. The number of para-hydroxylation sites is 1.